The Bertz CT molecular complexity index is 743. The molecule has 108 valence electrons. The Balaban J connectivity index is 1.86. The number of thiazole rings is 1. The SMILES string of the molecule is CCOc1ccc(Cl)c2sc(NCc3ccccc3)nc12. The number of fused-ring (bicyclic) bond motifs is 1. The summed E-state index contributed by atoms with van der Waals surface area (Å²) in [5.74, 6) is 0.779. The first-order chi connectivity index (χ1) is 10.3. The van der Waals surface area contributed by atoms with Crippen molar-refractivity contribution in [3.05, 3.63) is 53.1 Å². The van der Waals surface area contributed by atoms with Crippen LogP contribution in [0.25, 0.3) is 10.2 Å². The highest BCUT2D eigenvalue weighted by Gasteiger charge is 2.12. The van der Waals surface area contributed by atoms with E-state index in [0.29, 0.717) is 11.6 Å². The quantitative estimate of drug-likeness (QED) is 0.722. The lowest BCUT2D eigenvalue weighted by molar-refractivity contribution is 0.344. The van der Waals surface area contributed by atoms with Crippen LogP contribution >= 0.6 is 22.9 Å². The number of benzene rings is 2. The molecule has 5 heteroatoms. The fraction of sp³-hybridized carbons (Fsp3) is 0.188. The molecule has 0 saturated heterocycles. The molecule has 1 heterocycles. The van der Waals surface area contributed by atoms with Crippen LogP contribution in [0.1, 0.15) is 12.5 Å². The molecule has 0 saturated carbocycles. The summed E-state index contributed by atoms with van der Waals surface area (Å²) < 4.78 is 6.56. The molecular formula is C16H15ClN2OS. The molecule has 2 aromatic carbocycles. The monoisotopic (exact) mass is 318 g/mol. The lowest BCUT2D eigenvalue weighted by Gasteiger charge is -2.03. The molecule has 0 aliphatic carbocycles. The van der Waals surface area contributed by atoms with Gasteiger partial charge in [-0.1, -0.05) is 53.3 Å². The molecule has 0 amide bonds. The first-order valence-corrected chi connectivity index (χ1v) is 7.97. The Morgan fingerprint density at radius 1 is 1.19 bits per heavy atom. The highest BCUT2D eigenvalue weighted by atomic mass is 35.5. The third kappa shape index (κ3) is 3.12. The molecule has 3 nitrogen and oxygen atoms in total. The van der Waals surface area contributed by atoms with Gasteiger partial charge in [-0.3, -0.25) is 0 Å². The van der Waals surface area contributed by atoms with Crippen molar-refractivity contribution in [1.29, 1.82) is 0 Å². The van der Waals surface area contributed by atoms with Gasteiger partial charge in [0.25, 0.3) is 0 Å². The molecule has 0 radical (unpaired) electrons. The highest BCUT2D eigenvalue weighted by Crippen LogP contribution is 2.37. The predicted octanol–water partition coefficient (Wildman–Crippen LogP) is 4.96. The summed E-state index contributed by atoms with van der Waals surface area (Å²) in [6, 6.07) is 14.0. The summed E-state index contributed by atoms with van der Waals surface area (Å²) >= 11 is 7.80. The smallest absolute Gasteiger partial charge is 0.184 e. The van der Waals surface area contributed by atoms with Crippen LogP contribution in [0, 0.1) is 0 Å². The Morgan fingerprint density at radius 3 is 2.76 bits per heavy atom. The number of anilines is 1. The normalized spacial score (nSPS) is 10.8. The lowest BCUT2D eigenvalue weighted by Crippen LogP contribution is -1.98. The van der Waals surface area contributed by atoms with E-state index < -0.39 is 0 Å². The van der Waals surface area contributed by atoms with Crippen LogP contribution in [-0.2, 0) is 6.54 Å². The Morgan fingerprint density at radius 2 is 2.00 bits per heavy atom. The van der Waals surface area contributed by atoms with Crippen molar-refractivity contribution in [3.8, 4) is 5.75 Å². The molecule has 0 fully saturated rings. The average molecular weight is 319 g/mol. The summed E-state index contributed by atoms with van der Waals surface area (Å²) in [6.07, 6.45) is 0. The van der Waals surface area contributed by atoms with Gasteiger partial charge in [0.15, 0.2) is 5.13 Å². The summed E-state index contributed by atoms with van der Waals surface area (Å²) in [6.45, 7) is 3.31. The zero-order chi connectivity index (χ0) is 14.7. The third-order valence-corrected chi connectivity index (χ3v) is 4.52. The van der Waals surface area contributed by atoms with Crippen molar-refractivity contribution in [2.45, 2.75) is 13.5 Å². The fourth-order valence-corrected chi connectivity index (χ4v) is 3.22. The zero-order valence-electron chi connectivity index (χ0n) is 11.6. The number of ether oxygens (including phenoxy) is 1. The largest absolute Gasteiger partial charge is 0.492 e. The van der Waals surface area contributed by atoms with E-state index >= 15 is 0 Å². The Labute approximate surface area is 132 Å². The van der Waals surface area contributed by atoms with Gasteiger partial charge in [-0.15, -0.1) is 0 Å². The van der Waals surface area contributed by atoms with Crippen LogP contribution in [0.3, 0.4) is 0 Å². The van der Waals surface area contributed by atoms with Gasteiger partial charge >= 0.3 is 0 Å². The summed E-state index contributed by atoms with van der Waals surface area (Å²) in [4.78, 5) is 4.61. The van der Waals surface area contributed by atoms with Crippen molar-refractivity contribution < 1.29 is 4.74 Å². The van der Waals surface area contributed by atoms with E-state index in [-0.39, 0.29) is 0 Å². The fourth-order valence-electron chi connectivity index (χ4n) is 2.07. The highest BCUT2D eigenvalue weighted by molar-refractivity contribution is 7.22. The average Bonchev–Trinajstić information content (AvgIpc) is 2.95. The van der Waals surface area contributed by atoms with Crippen LogP contribution in [0.5, 0.6) is 5.75 Å². The minimum Gasteiger partial charge on any atom is -0.492 e. The van der Waals surface area contributed by atoms with Gasteiger partial charge in [-0.2, -0.15) is 0 Å². The standard InChI is InChI=1S/C16H15ClN2OS/c1-2-20-13-9-8-12(17)15-14(13)19-16(21-15)18-10-11-6-4-3-5-7-11/h3-9H,2,10H2,1H3,(H,18,19). The van der Waals surface area contributed by atoms with Crippen LogP contribution in [0.4, 0.5) is 5.13 Å². The summed E-state index contributed by atoms with van der Waals surface area (Å²) in [5.41, 5.74) is 2.04. The molecular weight excluding hydrogens is 304 g/mol. The van der Waals surface area contributed by atoms with Crippen LogP contribution < -0.4 is 10.1 Å². The van der Waals surface area contributed by atoms with E-state index in [4.69, 9.17) is 16.3 Å². The predicted molar refractivity (Wildman–Crippen MR) is 89.6 cm³/mol. The Kier molecular flexibility index (Phi) is 4.27. The van der Waals surface area contributed by atoms with Gasteiger partial charge in [0.05, 0.1) is 16.3 Å². The van der Waals surface area contributed by atoms with E-state index in [1.54, 1.807) is 11.3 Å². The van der Waals surface area contributed by atoms with Crippen molar-refractivity contribution in [1.82, 2.24) is 4.98 Å². The number of aromatic nitrogens is 1. The van der Waals surface area contributed by atoms with Crippen molar-refractivity contribution in [3.63, 3.8) is 0 Å². The molecule has 21 heavy (non-hydrogen) atoms. The van der Waals surface area contributed by atoms with Gasteiger partial charge in [0.2, 0.25) is 0 Å². The molecule has 0 aliphatic rings. The minimum absolute atomic E-state index is 0.612. The molecule has 0 bridgehead atoms. The Hall–Kier alpha value is -1.78. The second-order valence-corrected chi connectivity index (χ2v) is 5.92. The number of hydrogen-bond acceptors (Lipinski definition) is 4. The molecule has 0 atom stereocenters. The number of nitrogens with one attached hydrogen (secondary N) is 1. The summed E-state index contributed by atoms with van der Waals surface area (Å²) in [5, 5.41) is 4.90. The number of rotatable bonds is 5. The van der Waals surface area contributed by atoms with Gasteiger partial charge < -0.3 is 10.1 Å². The van der Waals surface area contributed by atoms with Crippen LogP contribution in [0.15, 0.2) is 42.5 Å². The van der Waals surface area contributed by atoms with Gasteiger partial charge in [0, 0.05) is 6.54 Å². The summed E-state index contributed by atoms with van der Waals surface area (Å²) in [7, 11) is 0. The van der Waals surface area contributed by atoms with E-state index in [1.165, 1.54) is 5.56 Å². The number of halogens is 1. The molecule has 1 N–H and O–H groups in total. The minimum atomic E-state index is 0.612. The van der Waals surface area contributed by atoms with Crippen molar-refractivity contribution in [2.24, 2.45) is 0 Å². The second-order valence-electron chi connectivity index (χ2n) is 4.51. The van der Waals surface area contributed by atoms with Gasteiger partial charge in [-0.05, 0) is 24.6 Å². The maximum atomic E-state index is 6.25. The topological polar surface area (TPSA) is 34.1 Å². The molecule has 1 aromatic heterocycles. The third-order valence-electron chi connectivity index (χ3n) is 3.04. The molecule has 3 rings (SSSR count). The second kappa shape index (κ2) is 6.33. The maximum absolute atomic E-state index is 6.25. The molecule has 0 spiro atoms. The van der Waals surface area contributed by atoms with E-state index in [0.717, 1.165) is 27.6 Å². The van der Waals surface area contributed by atoms with Crippen LogP contribution in [0.2, 0.25) is 5.02 Å². The zero-order valence-corrected chi connectivity index (χ0v) is 13.2. The van der Waals surface area contributed by atoms with E-state index in [1.807, 2.05) is 37.3 Å². The first kappa shape index (κ1) is 14.2. The van der Waals surface area contributed by atoms with Gasteiger partial charge in [-0.25, -0.2) is 4.98 Å². The lowest BCUT2D eigenvalue weighted by atomic mass is 10.2. The first-order valence-electron chi connectivity index (χ1n) is 6.77. The van der Waals surface area contributed by atoms with E-state index in [2.05, 4.69) is 22.4 Å². The molecule has 0 aliphatic heterocycles. The van der Waals surface area contributed by atoms with Gasteiger partial charge in [0.1, 0.15) is 11.3 Å². The number of nitrogens with zero attached hydrogens (tertiary/aromatic N) is 1. The number of hydrogen-bond donors (Lipinski definition) is 1. The molecule has 0 unspecified atom stereocenters. The van der Waals surface area contributed by atoms with Crippen molar-refractivity contribution >= 4 is 38.3 Å². The maximum Gasteiger partial charge on any atom is 0.184 e. The van der Waals surface area contributed by atoms with Crippen LogP contribution in [-0.4, -0.2) is 11.6 Å². The molecule has 3 aromatic rings. The van der Waals surface area contributed by atoms with Crippen molar-refractivity contribution in [2.75, 3.05) is 11.9 Å². The van der Waals surface area contributed by atoms with E-state index in [9.17, 15) is 0 Å².